The van der Waals surface area contributed by atoms with Crippen molar-refractivity contribution in [1.29, 1.82) is 0 Å². The number of hydrogen-bond donors (Lipinski definition) is 2. The third kappa shape index (κ3) is 2.19. The summed E-state index contributed by atoms with van der Waals surface area (Å²) in [6.45, 7) is 2.09. The van der Waals surface area contributed by atoms with E-state index in [0.717, 1.165) is 43.1 Å². The molecule has 1 fully saturated rings. The minimum Gasteiger partial charge on any atom is -0.396 e. The molecule has 2 aromatic heterocycles. The first-order chi connectivity index (χ1) is 9.33. The number of hydrogen-bond acceptors (Lipinski definition) is 4. The van der Waals surface area contributed by atoms with Gasteiger partial charge in [-0.15, -0.1) is 0 Å². The average Bonchev–Trinajstić information content (AvgIpc) is 3.02. The quantitative estimate of drug-likeness (QED) is 0.863. The lowest BCUT2D eigenvalue weighted by Gasteiger charge is -2.17. The smallest absolute Gasteiger partial charge is 0.153 e. The Morgan fingerprint density at radius 3 is 3.00 bits per heavy atom. The molecular formula is C14H19N3O2. The largest absolute Gasteiger partial charge is 0.396 e. The lowest BCUT2D eigenvalue weighted by molar-refractivity contribution is 0.263. The van der Waals surface area contributed by atoms with E-state index in [4.69, 9.17) is 5.11 Å². The van der Waals surface area contributed by atoms with E-state index in [2.05, 4.69) is 9.88 Å². The van der Waals surface area contributed by atoms with Gasteiger partial charge in [-0.05, 0) is 30.9 Å². The van der Waals surface area contributed by atoms with Crippen molar-refractivity contribution in [3.05, 3.63) is 30.1 Å². The minimum absolute atomic E-state index is 0.0122. The zero-order valence-corrected chi connectivity index (χ0v) is 10.9. The van der Waals surface area contributed by atoms with E-state index in [1.165, 1.54) is 0 Å². The SMILES string of the molecule is OCCC1CCN(c2nc3ccccn3c2CO)C1. The van der Waals surface area contributed by atoms with Gasteiger partial charge in [-0.25, -0.2) is 4.98 Å². The third-order valence-corrected chi connectivity index (χ3v) is 3.88. The highest BCUT2D eigenvalue weighted by Gasteiger charge is 2.26. The number of pyridine rings is 1. The number of rotatable bonds is 4. The Labute approximate surface area is 112 Å². The average molecular weight is 261 g/mol. The van der Waals surface area contributed by atoms with Crippen molar-refractivity contribution in [3.63, 3.8) is 0 Å². The molecule has 5 nitrogen and oxygen atoms in total. The summed E-state index contributed by atoms with van der Waals surface area (Å²) in [5.41, 5.74) is 1.72. The molecule has 2 N–H and O–H groups in total. The van der Waals surface area contributed by atoms with Crippen LogP contribution in [0.2, 0.25) is 0 Å². The van der Waals surface area contributed by atoms with E-state index in [1.54, 1.807) is 0 Å². The highest BCUT2D eigenvalue weighted by atomic mass is 16.3. The van der Waals surface area contributed by atoms with E-state index >= 15 is 0 Å². The molecule has 0 saturated carbocycles. The van der Waals surface area contributed by atoms with Crippen LogP contribution in [0.15, 0.2) is 24.4 Å². The topological polar surface area (TPSA) is 61.0 Å². The Morgan fingerprint density at radius 1 is 1.32 bits per heavy atom. The highest BCUT2D eigenvalue weighted by Crippen LogP contribution is 2.28. The number of aromatic nitrogens is 2. The van der Waals surface area contributed by atoms with Crippen molar-refractivity contribution >= 4 is 11.5 Å². The fraction of sp³-hybridized carbons (Fsp3) is 0.500. The summed E-state index contributed by atoms with van der Waals surface area (Å²) >= 11 is 0. The Balaban J connectivity index is 1.92. The standard InChI is InChI=1S/C14H19N3O2/c18-8-5-11-4-7-16(9-11)14-12(10-19)17-6-2-1-3-13(17)15-14/h1-3,6,11,18-19H,4-5,7-10H2. The van der Waals surface area contributed by atoms with Gasteiger partial charge < -0.3 is 15.1 Å². The predicted molar refractivity (Wildman–Crippen MR) is 73.1 cm³/mol. The number of fused-ring (bicyclic) bond motifs is 1. The lowest BCUT2D eigenvalue weighted by Crippen LogP contribution is -2.21. The van der Waals surface area contributed by atoms with Crippen LogP contribution in [0.1, 0.15) is 18.5 Å². The molecule has 3 rings (SSSR count). The fourth-order valence-corrected chi connectivity index (χ4v) is 2.88. The van der Waals surface area contributed by atoms with Crippen LogP contribution in [-0.4, -0.2) is 39.3 Å². The minimum atomic E-state index is -0.0122. The Bertz CT molecular complexity index is 567. The number of anilines is 1. The van der Waals surface area contributed by atoms with Gasteiger partial charge in [-0.2, -0.15) is 0 Å². The van der Waals surface area contributed by atoms with Crippen molar-refractivity contribution in [3.8, 4) is 0 Å². The summed E-state index contributed by atoms with van der Waals surface area (Å²) in [5, 5.41) is 18.6. The number of imidazole rings is 1. The maximum absolute atomic E-state index is 9.61. The maximum Gasteiger partial charge on any atom is 0.153 e. The molecular weight excluding hydrogens is 242 g/mol. The number of aliphatic hydroxyl groups excluding tert-OH is 2. The molecule has 3 heterocycles. The van der Waals surface area contributed by atoms with E-state index in [0.29, 0.717) is 5.92 Å². The second-order valence-electron chi connectivity index (χ2n) is 5.08. The molecule has 19 heavy (non-hydrogen) atoms. The summed E-state index contributed by atoms with van der Waals surface area (Å²) in [6, 6.07) is 5.84. The summed E-state index contributed by atoms with van der Waals surface area (Å²) in [5.74, 6) is 1.41. The molecule has 5 heteroatoms. The first kappa shape index (κ1) is 12.4. The van der Waals surface area contributed by atoms with Gasteiger partial charge in [-0.3, -0.25) is 4.40 Å². The summed E-state index contributed by atoms with van der Waals surface area (Å²) in [4.78, 5) is 6.85. The lowest BCUT2D eigenvalue weighted by atomic mass is 10.1. The van der Waals surface area contributed by atoms with Crippen LogP contribution in [0.5, 0.6) is 0 Å². The molecule has 0 aromatic carbocycles. The maximum atomic E-state index is 9.61. The second kappa shape index (κ2) is 5.19. The first-order valence-electron chi connectivity index (χ1n) is 6.76. The molecule has 2 aromatic rings. The van der Waals surface area contributed by atoms with E-state index in [-0.39, 0.29) is 13.2 Å². The van der Waals surface area contributed by atoms with Crippen LogP contribution in [-0.2, 0) is 6.61 Å². The summed E-state index contributed by atoms with van der Waals surface area (Å²) in [7, 11) is 0. The number of nitrogens with zero attached hydrogens (tertiary/aromatic N) is 3. The molecule has 0 spiro atoms. The van der Waals surface area contributed by atoms with Crippen LogP contribution >= 0.6 is 0 Å². The molecule has 0 radical (unpaired) electrons. The number of aliphatic hydroxyl groups is 2. The Hall–Kier alpha value is -1.59. The van der Waals surface area contributed by atoms with Gasteiger partial charge in [-0.1, -0.05) is 6.07 Å². The predicted octanol–water partition coefficient (Wildman–Crippen LogP) is 1.04. The third-order valence-electron chi connectivity index (χ3n) is 3.88. The van der Waals surface area contributed by atoms with Gasteiger partial charge in [0.15, 0.2) is 5.82 Å². The van der Waals surface area contributed by atoms with Crippen LogP contribution in [0, 0.1) is 5.92 Å². The van der Waals surface area contributed by atoms with Crippen LogP contribution in [0.3, 0.4) is 0 Å². The Kier molecular flexibility index (Phi) is 3.40. The first-order valence-corrected chi connectivity index (χ1v) is 6.76. The van der Waals surface area contributed by atoms with Crippen LogP contribution < -0.4 is 4.90 Å². The molecule has 1 atom stereocenters. The van der Waals surface area contributed by atoms with Crippen molar-refractivity contribution < 1.29 is 10.2 Å². The van der Waals surface area contributed by atoms with Gasteiger partial charge in [0.25, 0.3) is 0 Å². The van der Waals surface area contributed by atoms with Crippen LogP contribution in [0.25, 0.3) is 5.65 Å². The molecule has 1 aliphatic rings. The summed E-state index contributed by atoms with van der Waals surface area (Å²) < 4.78 is 1.94. The van der Waals surface area contributed by atoms with E-state index in [1.807, 2.05) is 28.8 Å². The van der Waals surface area contributed by atoms with E-state index in [9.17, 15) is 5.11 Å². The zero-order chi connectivity index (χ0) is 13.2. The molecule has 1 aliphatic heterocycles. The highest BCUT2D eigenvalue weighted by molar-refractivity contribution is 5.56. The van der Waals surface area contributed by atoms with Crippen LogP contribution in [0.4, 0.5) is 5.82 Å². The van der Waals surface area contributed by atoms with Crippen molar-refractivity contribution in [2.75, 3.05) is 24.6 Å². The van der Waals surface area contributed by atoms with E-state index < -0.39 is 0 Å². The molecule has 1 saturated heterocycles. The molecule has 0 amide bonds. The molecule has 0 bridgehead atoms. The fourth-order valence-electron chi connectivity index (χ4n) is 2.88. The van der Waals surface area contributed by atoms with Crippen molar-refractivity contribution in [1.82, 2.24) is 9.38 Å². The van der Waals surface area contributed by atoms with Crippen molar-refractivity contribution in [2.45, 2.75) is 19.4 Å². The van der Waals surface area contributed by atoms with Crippen molar-refractivity contribution in [2.24, 2.45) is 5.92 Å². The zero-order valence-electron chi connectivity index (χ0n) is 10.9. The molecule has 0 aliphatic carbocycles. The monoisotopic (exact) mass is 261 g/mol. The van der Waals surface area contributed by atoms with Gasteiger partial charge in [0, 0.05) is 25.9 Å². The normalized spacial score (nSPS) is 19.5. The summed E-state index contributed by atoms with van der Waals surface area (Å²) in [6.07, 6.45) is 3.86. The van der Waals surface area contributed by atoms with Gasteiger partial charge in [0.1, 0.15) is 5.65 Å². The Morgan fingerprint density at radius 2 is 2.21 bits per heavy atom. The molecule has 102 valence electrons. The van der Waals surface area contributed by atoms with Gasteiger partial charge >= 0.3 is 0 Å². The second-order valence-corrected chi connectivity index (χ2v) is 5.08. The van der Waals surface area contributed by atoms with Gasteiger partial charge in [0.05, 0.1) is 12.3 Å². The molecule has 1 unspecified atom stereocenters. The van der Waals surface area contributed by atoms with Gasteiger partial charge in [0.2, 0.25) is 0 Å².